The summed E-state index contributed by atoms with van der Waals surface area (Å²) in [5.41, 5.74) is 0.968. The molecule has 2 rings (SSSR count). The minimum atomic E-state index is -3.63. The lowest BCUT2D eigenvalue weighted by molar-refractivity contribution is -0.148. The minimum absolute atomic E-state index is 0.0757. The molecule has 0 heterocycles. The average Bonchev–Trinajstić information content (AvgIpc) is 2.76. The van der Waals surface area contributed by atoms with E-state index in [1.165, 1.54) is 57.6 Å². The standard InChI is InChI=1S/C23H28N2O7S/c1-15(2)25-33(28,29)20-10-7-18(8-11-20)24-23(27)16(3)32-22(26)13-6-17-14-19(30-4)9-12-21(17)31-5/h6-16,25H,1-5H3,(H,24,27)/b13-6+. The van der Waals surface area contributed by atoms with Crippen molar-refractivity contribution in [2.45, 2.75) is 37.8 Å². The number of hydrogen-bond acceptors (Lipinski definition) is 7. The molecule has 1 amide bonds. The fourth-order valence-electron chi connectivity index (χ4n) is 2.73. The fourth-order valence-corrected chi connectivity index (χ4v) is 3.99. The number of ether oxygens (including phenoxy) is 3. The van der Waals surface area contributed by atoms with Crippen molar-refractivity contribution in [2.24, 2.45) is 0 Å². The third kappa shape index (κ3) is 7.62. The van der Waals surface area contributed by atoms with Crippen LogP contribution in [0.1, 0.15) is 26.3 Å². The molecule has 0 radical (unpaired) electrons. The normalized spacial score (nSPS) is 12.4. The maximum atomic E-state index is 12.4. The molecule has 33 heavy (non-hydrogen) atoms. The van der Waals surface area contributed by atoms with E-state index in [4.69, 9.17) is 14.2 Å². The topological polar surface area (TPSA) is 120 Å². The molecular weight excluding hydrogens is 448 g/mol. The molecule has 1 atom stereocenters. The number of nitrogens with one attached hydrogen (secondary N) is 2. The quantitative estimate of drug-likeness (QED) is 0.400. The number of benzene rings is 2. The fraction of sp³-hybridized carbons (Fsp3) is 0.304. The van der Waals surface area contributed by atoms with Crippen molar-refractivity contribution in [3.05, 3.63) is 54.1 Å². The molecule has 9 nitrogen and oxygen atoms in total. The first-order valence-electron chi connectivity index (χ1n) is 10.1. The third-order valence-electron chi connectivity index (χ3n) is 4.32. The van der Waals surface area contributed by atoms with Crippen molar-refractivity contribution >= 4 is 33.7 Å². The van der Waals surface area contributed by atoms with Crippen LogP contribution in [0.15, 0.2) is 53.4 Å². The first kappa shape index (κ1) is 25.9. The summed E-state index contributed by atoms with van der Waals surface area (Å²) >= 11 is 0. The highest BCUT2D eigenvalue weighted by Crippen LogP contribution is 2.25. The zero-order valence-corrected chi connectivity index (χ0v) is 19.9. The van der Waals surface area contributed by atoms with Crippen LogP contribution in [0.3, 0.4) is 0 Å². The Morgan fingerprint density at radius 2 is 1.64 bits per heavy atom. The Hall–Kier alpha value is -3.37. The van der Waals surface area contributed by atoms with E-state index in [0.29, 0.717) is 22.7 Å². The van der Waals surface area contributed by atoms with Gasteiger partial charge < -0.3 is 19.5 Å². The number of carbonyl (C=O) groups excluding carboxylic acids is 2. The molecule has 0 aliphatic heterocycles. The molecule has 0 bridgehead atoms. The van der Waals surface area contributed by atoms with Gasteiger partial charge >= 0.3 is 5.97 Å². The summed E-state index contributed by atoms with van der Waals surface area (Å²) in [6.07, 6.45) is 1.60. The molecule has 0 aliphatic carbocycles. The molecule has 0 fully saturated rings. The highest BCUT2D eigenvalue weighted by Gasteiger charge is 2.18. The number of esters is 1. The molecule has 1 unspecified atom stereocenters. The predicted octanol–water partition coefficient (Wildman–Crippen LogP) is 2.97. The van der Waals surface area contributed by atoms with Gasteiger partial charge in [-0.1, -0.05) is 0 Å². The minimum Gasteiger partial charge on any atom is -0.497 e. The van der Waals surface area contributed by atoms with Gasteiger partial charge in [0.15, 0.2) is 6.10 Å². The first-order chi connectivity index (χ1) is 15.6. The van der Waals surface area contributed by atoms with Gasteiger partial charge in [0.25, 0.3) is 5.91 Å². The summed E-state index contributed by atoms with van der Waals surface area (Å²) in [6.45, 7) is 4.87. The van der Waals surface area contributed by atoms with Gasteiger partial charge in [-0.3, -0.25) is 4.79 Å². The summed E-state index contributed by atoms with van der Waals surface area (Å²) < 4.78 is 42.4. The Bertz CT molecular complexity index is 1110. The Morgan fingerprint density at radius 1 is 0.970 bits per heavy atom. The van der Waals surface area contributed by atoms with E-state index in [2.05, 4.69) is 10.0 Å². The zero-order valence-electron chi connectivity index (χ0n) is 19.1. The van der Waals surface area contributed by atoms with Crippen LogP contribution in [0.2, 0.25) is 0 Å². The van der Waals surface area contributed by atoms with Crippen molar-refractivity contribution in [3.8, 4) is 11.5 Å². The van der Waals surface area contributed by atoms with E-state index in [0.717, 1.165) is 0 Å². The molecule has 2 aromatic rings. The van der Waals surface area contributed by atoms with E-state index < -0.39 is 28.0 Å². The lowest BCUT2D eigenvalue weighted by Gasteiger charge is -2.13. The summed E-state index contributed by atoms with van der Waals surface area (Å²) in [4.78, 5) is 24.6. The number of hydrogen-bond donors (Lipinski definition) is 2. The zero-order chi connectivity index (χ0) is 24.6. The van der Waals surface area contributed by atoms with Crippen molar-refractivity contribution in [1.82, 2.24) is 4.72 Å². The lowest BCUT2D eigenvalue weighted by atomic mass is 10.1. The van der Waals surface area contributed by atoms with E-state index >= 15 is 0 Å². The van der Waals surface area contributed by atoms with Crippen LogP contribution < -0.4 is 19.5 Å². The largest absolute Gasteiger partial charge is 0.497 e. The third-order valence-corrected chi connectivity index (χ3v) is 6.00. The molecule has 0 saturated carbocycles. The van der Waals surface area contributed by atoms with Crippen LogP contribution in [-0.4, -0.2) is 46.7 Å². The Morgan fingerprint density at radius 3 is 2.21 bits per heavy atom. The average molecular weight is 477 g/mol. The molecule has 0 aliphatic rings. The van der Waals surface area contributed by atoms with E-state index in [-0.39, 0.29) is 10.9 Å². The van der Waals surface area contributed by atoms with Gasteiger partial charge in [0, 0.05) is 23.4 Å². The van der Waals surface area contributed by atoms with Gasteiger partial charge in [0.1, 0.15) is 11.5 Å². The van der Waals surface area contributed by atoms with Gasteiger partial charge in [-0.25, -0.2) is 17.9 Å². The van der Waals surface area contributed by atoms with E-state index in [9.17, 15) is 18.0 Å². The van der Waals surface area contributed by atoms with Gasteiger partial charge in [0.2, 0.25) is 10.0 Å². The molecule has 10 heteroatoms. The number of methoxy groups -OCH3 is 2. The molecule has 0 aromatic heterocycles. The Kier molecular flexibility index (Phi) is 9.01. The van der Waals surface area contributed by atoms with Crippen LogP contribution in [0, 0.1) is 0 Å². The van der Waals surface area contributed by atoms with Gasteiger partial charge in [-0.05, 0) is 69.3 Å². The van der Waals surface area contributed by atoms with E-state index in [1.54, 1.807) is 32.0 Å². The molecule has 0 spiro atoms. The van der Waals surface area contributed by atoms with Crippen molar-refractivity contribution in [1.29, 1.82) is 0 Å². The SMILES string of the molecule is COc1ccc(OC)c(/C=C/C(=O)OC(C)C(=O)Nc2ccc(S(=O)(=O)NC(C)C)cc2)c1. The number of rotatable bonds is 10. The monoisotopic (exact) mass is 476 g/mol. The van der Waals surface area contributed by atoms with E-state index in [1.807, 2.05) is 0 Å². The van der Waals surface area contributed by atoms with Crippen LogP contribution in [0.25, 0.3) is 6.08 Å². The summed E-state index contributed by atoms with van der Waals surface area (Å²) in [6, 6.07) is 10.5. The van der Waals surface area contributed by atoms with Gasteiger partial charge in [-0.15, -0.1) is 0 Å². The van der Waals surface area contributed by atoms with Crippen molar-refractivity contribution in [3.63, 3.8) is 0 Å². The molecule has 178 valence electrons. The van der Waals surface area contributed by atoms with Gasteiger partial charge in [-0.2, -0.15) is 0 Å². The number of sulfonamides is 1. The highest BCUT2D eigenvalue weighted by molar-refractivity contribution is 7.89. The van der Waals surface area contributed by atoms with Crippen LogP contribution in [0.4, 0.5) is 5.69 Å². The van der Waals surface area contributed by atoms with Crippen LogP contribution in [-0.2, 0) is 24.3 Å². The molecular formula is C23H28N2O7S. The predicted molar refractivity (Wildman–Crippen MR) is 125 cm³/mol. The second kappa shape index (κ2) is 11.5. The van der Waals surface area contributed by atoms with Crippen LogP contribution in [0.5, 0.6) is 11.5 Å². The van der Waals surface area contributed by atoms with Gasteiger partial charge in [0.05, 0.1) is 19.1 Å². The Labute approximate surface area is 193 Å². The second-order valence-electron chi connectivity index (χ2n) is 7.31. The summed E-state index contributed by atoms with van der Waals surface area (Å²) in [5, 5.41) is 2.58. The molecule has 2 N–H and O–H groups in total. The van der Waals surface area contributed by atoms with Crippen LogP contribution >= 0.6 is 0 Å². The maximum Gasteiger partial charge on any atom is 0.331 e. The lowest BCUT2D eigenvalue weighted by Crippen LogP contribution is -2.30. The second-order valence-corrected chi connectivity index (χ2v) is 9.02. The number of anilines is 1. The maximum absolute atomic E-state index is 12.4. The summed E-state index contributed by atoms with van der Waals surface area (Å²) in [7, 11) is -0.599. The number of amides is 1. The summed E-state index contributed by atoms with van der Waals surface area (Å²) in [5.74, 6) is -0.148. The Balaban J connectivity index is 1.98. The molecule has 2 aromatic carbocycles. The number of carbonyl (C=O) groups is 2. The molecule has 0 saturated heterocycles. The smallest absolute Gasteiger partial charge is 0.331 e. The first-order valence-corrected chi connectivity index (χ1v) is 11.6. The van der Waals surface area contributed by atoms with Crippen molar-refractivity contribution in [2.75, 3.05) is 19.5 Å². The highest BCUT2D eigenvalue weighted by atomic mass is 32.2. The van der Waals surface area contributed by atoms with Crippen molar-refractivity contribution < 1.29 is 32.2 Å².